The second kappa shape index (κ2) is 7.04. The summed E-state index contributed by atoms with van der Waals surface area (Å²) >= 11 is 0. The maximum absolute atomic E-state index is 5.43. The molecule has 1 heterocycles. The number of halogens is 1. The van der Waals surface area contributed by atoms with Crippen molar-refractivity contribution in [3.8, 4) is 5.75 Å². The maximum atomic E-state index is 5.43. The number of hydrogen-bond donors (Lipinski definition) is 2. The molecule has 0 bridgehead atoms. The van der Waals surface area contributed by atoms with Crippen LogP contribution in [0.3, 0.4) is 0 Å². The molecule has 4 heteroatoms. The van der Waals surface area contributed by atoms with Gasteiger partial charge in [-0.05, 0) is 60.3 Å². The summed E-state index contributed by atoms with van der Waals surface area (Å²) in [4.78, 5) is 3.20. The number of nitrogens with one attached hydrogen (secondary N) is 2. The molecule has 21 heavy (non-hydrogen) atoms. The van der Waals surface area contributed by atoms with Crippen molar-refractivity contribution in [2.45, 2.75) is 13.5 Å². The number of fused-ring (bicyclic) bond motifs is 1. The van der Waals surface area contributed by atoms with Gasteiger partial charge >= 0.3 is 0 Å². The van der Waals surface area contributed by atoms with E-state index in [0.717, 1.165) is 18.0 Å². The Balaban J connectivity index is 0.00000161. The Morgan fingerprint density at radius 3 is 2.62 bits per heavy atom. The molecule has 0 radical (unpaired) electrons. The predicted octanol–water partition coefficient (Wildman–Crippen LogP) is 4.60. The highest BCUT2D eigenvalue weighted by atomic mass is 35.5. The van der Waals surface area contributed by atoms with Gasteiger partial charge in [0.2, 0.25) is 0 Å². The van der Waals surface area contributed by atoms with E-state index in [-0.39, 0.29) is 12.4 Å². The third kappa shape index (κ3) is 3.70. The molecule has 0 aliphatic carbocycles. The van der Waals surface area contributed by atoms with E-state index in [1.54, 1.807) is 0 Å². The average Bonchev–Trinajstić information content (AvgIpc) is 2.94. The molecule has 110 valence electrons. The molecule has 0 saturated heterocycles. The third-order valence-electron chi connectivity index (χ3n) is 3.28. The summed E-state index contributed by atoms with van der Waals surface area (Å²) in [6, 6.07) is 16.6. The fourth-order valence-electron chi connectivity index (χ4n) is 2.25. The van der Waals surface area contributed by atoms with Crippen LogP contribution in [0.1, 0.15) is 12.5 Å². The molecule has 1 aromatic heterocycles. The molecule has 2 N–H and O–H groups in total. The van der Waals surface area contributed by atoms with Gasteiger partial charge in [0.1, 0.15) is 5.75 Å². The normalized spacial score (nSPS) is 10.1. The molecule has 2 aromatic carbocycles. The Labute approximate surface area is 130 Å². The summed E-state index contributed by atoms with van der Waals surface area (Å²) in [5.74, 6) is 0.909. The van der Waals surface area contributed by atoms with Gasteiger partial charge in [-0.1, -0.05) is 6.07 Å². The Kier molecular flexibility index (Phi) is 5.12. The van der Waals surface area contributed by atoms with E-state index in [1.165, 1.54) is 16.5 Å². The van der Waals surface area contributed by atoms with Crippen molar-refractivity contribution in [2.24, 2.45) is 0 Å². The fraction of sp³-hybridized carbons (Fsp3) is 0.176. The van der Waals surface area contributed by atoms with E-state index in [1.807, 2.05) is 37.4 Å². The van der Waals surface area contributed by atoms with Crippen LogP contribution < -0.4 is 10.1 Å². The lowest BCUT2D eigenvalue weighted by Gasteiger charge is -2.08. The van der Waals surface area contributed by atoms with Gasteiger partial charge in [0.25, 0.3) is 0 Å². The van der Waals surface area contributed by atoms with Crippen molar-refractivity contribution < 1.29 is 4.74 Å². The Morgan fingerprint density at radius 2 is 1.86 bits per heavy atom. The molecule has 3 nitrogen and oxygen atoms in total. The zero-order chi connectivity index (χ0) is 13.8. The molecule has 0 aliphatic rings. The van der Waals surface area contributed by atoms with Crippen molar-refractivity contribution >= 4 is 29.0 Å². The first-order valence-corrected chi connectivity index (χ1v) is 6.88. The molecule has 0 unspecified atom stereocenters. The van der Waals surface area contributed by atoms with Gasteiger partial charge in [-0.25, -0.2) is 0 Å². The van der Waals surface area contributed by atoms with Crippen LogP contribution in [-0.4, -0.2) is 11.6 Å². The van der Waals surface area contributed by atoms with Crippen LogP contribution in [0.25, 0.3) is 10.9 Å². The van der Waals surface area contributed by atoms with Crippen molar-refractivity contribution in [1.29, 1.82) is 0 Å². The second-order valence-corrected chi connectivity index (χ2v) is 4.71. The highest BCUT2D eigenvalue weighted by Crippen LogP contribution is 2.18. The van der Waals surface area contributed by atoms with Gasteiger partial charge in [-0.2, -0.15) is 0 Å². The number of H-pyrrole nitrogens is 1. The Morgan fingerprint density at radius 1 is 1.05 bits per heavy atom. The lowest BCUT2D eigenvalue weighted by atomic mass is 10.1. The van der Waals surface area contributed by atoms with E-state index >= 15 is 0 Å². The summed E-state index contributed by atoms with van der Waals surface area (Å²) < 4.78 is 5.43. The van der Waals surface area contributed by atoms with Crippen molar-refractivity contribution in [2.75, 3.05) is 11.9 Å². The second-order valence-electron chi connectivity index (χ2n) is 4.71. The fourth-order valence-corrected chi connectivity index (χ4v) is 2.25. The van der Waals surface area contributed by atoms with Crippen LogP contribution in [-0.2, 0) is 6.54 Å². The number of anilines is 1. The van der Waals surface area contributed by atoms with Gasteiger partial charge in [0.15, 0.2) is 0 Å². The molecule has 3 rings (SSSR count). The van der Waals surface area contributed by atoms with Crippen LogP contribution in [0.2, 0.25) is 0 Å². The molecule has 0 aliphatic heterocycles. The number of hydrogen-bond acceptors (Lipinski definition) is 2. The molecule has 0 spiro atoms. The molecule has 0 atom stereocenters. The van der Waals surface area contributed by atoms with E-state index < -0.39 is 0 Å². The monoisotopic (exact) mass is 302 g/mol. The summed E-state index contributed by atoms with van der Waals surface area (Å²) in [7, 11) is 0. The first-order valence-electron chi connectivity index (χ1n) is 6.88. The number of aromatic amines is 1. The van der Waals surface area contributed by atoms with Crippen molar-refractivity contribution in [3.05, 3.63) is 60.3 Å². The molecule has 3 aromatic rings. The van der Waals surface area contributed by atoms with Crippen LogP contribution in [0, 0.1) is 0 Å². The van der Waals surface area contributed by atoms with Gasteiger partial charge < -0.3 is 15.0 Å². The molecular formula is C17H19ClN2O. The first kappa shape index (κ1) is 15.3. The number of ether oxygens (including phenoxy) is 1. The summed E-state index contributed by atoms with van der Waals surface area (Å²) in [5.41, 5.74) is 3.54. The van der Waals surface area contributed by atoms with Gasteiger partial charge in [-0.15, -0.1) is 12.4 Å². The smallest absolute Gasteiger partial charge is 0.119 e. The van der Waals surface area contributed by atoms with E-state index in [0.29, 0.717) is 6.61 Å². The molecular weight excluding hydrogens is 284 g/mol. The molecule has 0 saturated carbocycles. The molecule has 0 amide bonds. The zero-order valence-electron chi connectivity index (χ0n) is 11.9. The zero-order valence-corrected chi connectivity index (χ0v) is 12.7. The van der Waals surface area contributed by atoms with Gasteiger partial charge in [0, 0.05) is 23.9 Å². The highest BCUT2D eigenvalue weighted by molar-refractivity contribution is 5.85. The van der Waals surface area contributed by atoms with E-state index in [4.69, 9.17) is 4.74 Å². The van der Waals surface area contributed by atoms with Crippen LogP contribution in [0.15, 0.2) is 54.7 Å². The lowest BCUT2D eigenvalue weighted by Crippen LogP contribution is -1.99. The highest BCUT2D eigenvalue weighted by Gasteiger charge is 1.98. The maximum Gasteiger partial charge on any atom is 0.119 e. The summed E-state index contributed by atoms with van der Waals surface area (Å²) in [6.45, 7) is 3.50. The van der Waals surface area contributed by atoms with Crippen molar-refractivity contribution in [3.63, 3.8) is 0 Å². The standard InChI is InChI=1S/C17H18N2O.ClH/c1-2-20-16-6-4-15(5-7-16)19-12-13-3-8-17-14(11-13)9-10-18-17;/h3-11,18-19H,2,12H2,1H3;1H. The number of benzene rings is 2. The summed E-state index contributed by atoms with van der Waals surface area (Å²) in [5, 5.41) is 4.67. The molecule has 0 fully saturated rings. The minimum absolute atomic E-state index is 0. The largest absolute Gasteiger partial charge is 0.494 e. The topological polar surface area (TPSA) is 37.0 Å². The van der Waals surface area contributed by atoms with E-state index in [2.05, 4.69) is 34.6 Å². The van der Waals surface area contributed by atoms with Crippen LogP contribution in [0.4, 0.5) is 5.69 Å². The number of rotatable bonds is 5. The first-order chi connectivity index (χ1) is 9.85. The van der Waals surface area contributed by atoms with Gasteiger partial charge in [0.05, 0.1) is 6.61 Å². The van der Waals surface area contributed by atoms with Gasteiger partial charge in [-0.3, -0.25) is 0 Å². The predicted molar refractivity (Wildman–Crippen MR) is 90.5 cm³/mol. The minimum atomic E-state index is 0. The SMILES string of the molecule is CCOc1ccc(NCc2ccc3[nH]ccc3c2)cc1.Cl. The van der Waals surface area contributed by atoms with E-state index in [9.17, 15) is 0 Å². The lowest BCUT2D eigenvalue weighted by molar-refractivity contribution is 0.340. The Hall–Kier alpha value is -2.13. The van der Waals surface area contributed by atoms with Crippen molar-refractivity contribution in [1.82, 2.24) is 4.98 Å². The third-order valence-corrected chi connectivity index (χ3v) is 3.28. The van der Waals surface area contributed by atoms with Crippen LogP contribution >= 0.6 is 12.4 Å². The average molecular weight is 303 g/mol. The Bertz CT molecular complexity index is 691. The van der Waals surface area contributed by atoms with Crippen LogP contribution in [0.5, 0.6) is 5.75 Å². The minimum Gasteiger partial charge on any atom is -0.494 e. The quantitative estimate of drug-likeness (QED) is 0.722. The summed E-state index contributed by atoms with van der Waals surface area (Å²) in [6.07, 6.45) is 1.97. The number of aromatic nitrogens is 1.